The van der Waals surface area contributed by atoms with Gasteiger partial charge in [-0.3, -0.25) is 14.4 Å². The molecule has 1 heterocycles. The molecule has 26 heavy (non-hydrogen) atoms. The van der Waals surface area contributed by atoms with E-state index >= 15 is 0 Å². The first-order valence-electron chi connectivity index (χ1n) is 8.39. The van der Waals surface area contributed by atoms with Crippen molar-refractivity contribution < 1.29 is 29.0 Å². The van der Waals surface area contributed by atoms with Crippen molar-refractivity contribution in [1.82, 2.24) is 5.32 Å². The van der Waals surface area contributed by atoms with Crippen LogP contribution in [0.3, 0.4) is 0 Å². The molecule has 138 valence electrons. The molecule has 0 saturated carbocycles. The van der Waals surface area contributed by atoms with E-state index in [0.717, 1.165) is 0 Å². The van der Waals surface area contributed by atoms with Crippen LogP contribution in [0.4, 0.5) is 0 Å². The Morgan fingerprint density at radius 1 is 1.23 bits per heavy atom. The Labute approximate surface area is 151 Å². The van der Waals surface area contributed by atoms with Crippen LogP contribution in [0, 0.1) is 11.8 Å². The molecule has 7 nitrogen and oxygen atoms in total. The van der Waals surface area contributed by atoms with Crippen molar-refractivity contribution in [1.29, 1.82) is 0 Å². The molecule has 0 unspecified atom stereocenters. The molecular weight excluding hydrogens is 338 g/mol. The molecule has 0 radical (unpaired) electrons. The first-order chi connectivity index (χ1) is 12.4. The van der Waals surface area contributed by atoms with Gasteiger partial charge in [-0.25, -0.2) is 0 Å². The van der Waals surface area contributed by atoms with Gasteiger partial charge in [-0.05, 0) is 30.0 Å². The predicted octanol–water partition coefficient (Wildman–Crippen LogP) is 1.66. The van der Waals surface area contributed by atoms with Crippen LogP contribution >= 0.6 is 0 Å². The van der Waals surface area contributed by atoms with Gasteiger partial charge in [-0.2, -0.15) is 0 Å². The fourth-order valence-corrected chi connectivity index (χ4v) is 3.79. The number of hydrogen-bond donors (Lipinski definition) is 2. The highest BCUT2D eigenvalue weighted by atomic mass is 16.5. The molecule has 2 aliphatic rings. The van der Waals surface area contributed by atoms with Crippen LogP contribution in [0.5, 0.6) is 11.5 Å². The lowest BCUT2D eigenvalue weighted by atomic mass is 9.70. The van der Waals surface area contributed by atoms with Gasteiger partial charge >= 0.3 is 5.97 Å². The summed E-state index contributed by atoms with van der Waals surface area (Å²) in [4.78, 5) is 37.4. The minimum absolute atomic E-state index is 0.0262. The predicted molar refractivity (Wildman–Crippen MR) is 91.5 cm³/mol. The SMILES string of the molecule is COC(=O)[C@@H]1C(=O)C2=C(C[C@@H]1C)NC(=O)C[C@@H]2c1ccc(O)c(OC)c1. The number of esters is 1. The van der Waals surface area contributed by atoms with Crippen LogP contribution in [0.1, 0.15) is 31.2 Å². The zero-order valence-electron chi connectivity index (χ0n) is 14.9. The molecule has 1 aromatic carbocycles. The van der Waals surface area contributed by atoms with Crippen LogP contribution in [-0.2, 0) is 19.1 Å². The highest BCUT2D eigenvalue weighted by Gasteiger charge is 2.45. The molecule has 1 aromatic rings. The van der Waals surface area contributed by atoms with Crippen molar-refractivity contribution in [2.24, 2.45) is 11.8 Å². The third-order valence-electron chi connectivity index (χ3n) is 5.06. The van der Waals surface area contributed by atoms with E-state index in [1.165, 1.54) is 20.3 Å². The molecule has 2 N–H and O–H groups in total. The Morgan fingerprint density at radius 2 is 1.96 bits per heavy atom. The summed E-state index contributed by atoms with van der Waals surface area (Å²) >= 11 is 0. The second kappa shape index (κ2) is 6.82. The number of ether oxygens (including phenoxy) is 2. The van der Waals surface area contributed by atoms with E-state index in [2.05, 4.69) is 5.32 Å². The number of phenols is 1. The molecule has 0 saturated heterocycles. The van der Waals surface area contributed by atoms with E-state index in [1.54, 1.807) is 19.1 Å². The number of phenolic OH excluding ortho intramolecular Hbond substituents is 1. The Morgan fingerprint density at radius 3 is 2.62 bits per heavy atom. The third kappa shape index (κ3) is 2.94. The van der Waals surface area contributed by atoms with Crippen LogP contribution < -0.4 is 10.1 Å². The zero-order chi connectivity index (χ0) is 19.0. The molecule has 1 aliphatic carbocycles. The standard InChI is InChI=1S/C19H21NO6/c1-9-6-12-17(18(23)16(9)19(24)26-3)11(8-15(22)20-12)10-4-5-13(21)14(7-10)25-2/h4-5,7,9,11,16,21H,6,8H2,1-3H3,(H,20,22)/t9-,11+,16-/m0/s1. The Hall–Kier alpha value is -2.83. The van der Waals surface area contributed by atoms with Gasteiger partial charge in [-0.15, -0.1) is 0 Å². The summed E-state index contributed by atoms with van der Waals surface area (Å²) < 4.78 is 9.94. The molecule has 0 bridgehead atoms. The molecule has 3 atom stereocenters. The lowest BCUT2D eigenvalue weighted by Gasteiger charge is -2.36. The monoisotopic (exact) mass is 359 g/mol. The summed E-state index contributed by atoms with van der Waals surface area (Å²) in [6, 6.07) is 4.74. The maximum Gasteiger partial charge on any atom is 0.316 e. The third-order valence-corrected chi connectivity index (χ3v) is 5.06. The number of allylic oxidation sites excluding steroid dienone is 2. The van der Waals surface area contributed by atoms with Gasteiger partial charge in [0, 0.05) is 23.6 Å². The normalized spacial score (nSPS) is 25.4. The average Bonchev–Trinajstić information content (AvgIpc) is 2.60. The molecule has 1 aliphatic heterocycles. The molecule has 0 spiro atoms. The number of aromatic hydroxyl groups is 1. The molecule has 3 rings (SSSR count). The number of amides is 1. The van der Waals surface area contributed by atoms with Gasteiger partial charge in [0.05, 0.1) is 14.2 Å². The maximum absolute atomic E-state index is 13.1. The summed E-state index contributed by atoms with van der Waals surface area (Å²) in [6.07, 6.45) is 0.499. The number of carbonyl (C=O) groups is 3. The summed E-state index contributed by atoms with van der Waals surface area (Å²) in [5.74, 6) is -2.47. The highest BCUT2D eigenvalue weighted by molar-refractivity contribution is 6.11. The van der Waals surface area contributed by atoms with E-state index in [1.807, 2.05) is 0 Å². The lowest BCUT2D eigenvalue weighted by Crippen LogP contribution is -2.44. The average molecular weight is 359 g/mol. The van der Waals surface area contributed by atoms with Crippen molar-refractivity contribution in [2.75, 3.05) is 14.2 Å². The van der Waals surface area contributed by atoms with Crippen LogP contribution in [0.15, 0.2) is 29.5 Å². The van der Waals surface area contributed by atoms with Gasteiger partial charge in [0.1, 0.15) is 5.92 Å². The number of ketones is 1. The minimum atomic E-state index is -0.879. The fourth-order valence-electron chi connectivity index (χ4n) is 3.79. The van der Waals surface area contributed by atoms with Gasteiger partial charge in [-0.1, -0.05) is 13.0 Å². The van der Waals surface area contributed by atoms with E-state index in [0.29, 0.717) is 23.3 Å². The number of rotatable bonds is 3. The van der Waals surface area contributed by atoms with Crippen molar-refractivity contribution in [3.63, 3.8) is 0 Å². The van der Waals surface area contributed by atoms with Crippen molar-refractivity contribution in [3.05, 3.63) is 35.0 Å². The first-order valence-corrected chi connectivity index (χ1v) is 8.39. The summed E-state index contributed by atoms with van der Waals surface area (Å²) in [5, 5.41) is 12.6. The minimum Gasteiger partial charge on any atom is -0.504 e. The van der Waals surface area contributed by atoms with E-state index in [-0.39, 0.29) is 35.5 Å². The summed E-state index contributed by atoms with van der Waals surface area (Å²) in [7, 11) is 2.69. The fraction of sp³-hybridized carbons (Fsp3) is 0.421. The first kappa shape index (κ1) is 18.0. The zero-order valence-corrected chi connectivity index (χ0v) is 14.9. The molecule has 7 heteroatoms. The quantitative estimate of drug-likeness (QED) is 0.629. The molecule has 0 fully saturated rings. The van der Waals surface area contributed by atoms with Gasteiger partial charge in [0.2, 0.25) is 5.91 Å². The van der Waals surface area contributed by atoms with Crippen molar-refractivity contribution >= 4 is 17.7 Å². The van der Waals surface area contributed by atoms with Crippen molar-refractivity contribution in [2.45, 2.75) is 25.7 Å². The van der Waals surface area contributed by atoms with Crippen molar-refractivity contribution in [3.8, 4) is 11.5 Å². The van der Waals surface area contributed by atoms with Crippen LogP contribution in [0.25, 0.3) is 0 Å². The lowest BCUT2D eigenvalue weighted by molar-refractivity contribution is -0.151. The maximum atomic E-state index is 13.1. The molecule has 0 aromatic heterocycles. The molecular formula is C19H21NO6. The topological polar surface area (TPSA) is 102 Å². The number of Topliss-reactive ketones (excluding diaryl/α,β-unsaturated/α-hetero) is 1. The Kier molecular flexibility index (Phi) is 4.71. The second-order valence-corrected chi connectivity index (χ2v) is 6.67. The van der Waals surface area contributed by atoms with E-state index in [4.69, 9.17) is 9.47 Å². The number of nitrogens with one attached hydrogen (secondary N) is 1. The van der Waals surface area contributed by atoms with E-state index < -0.39 is 17.8 Å². The number of hydrogen-bond acceptors (Lipinski definition) is 6. The van der Waals surface area contributed by atoms with E-state index in [9.17, 15) is 19.5 Å². The number of methoxy groups -OCH3 is 2. The van der Waals surface area contributed by atoms with Crippen LogP contribution in [-0.4, -0.2) is 37.0 Å². The molecule has 1 amide bonds. The van der Waals surface area contributed by atoms with Gasteiger partial charge in [0.15, 0.2) is 17.3 Å². The number of benzene rings is 1. The van der Waals surface area contributed by atoms with Crippen LogP contribution in [0.2, 0.25) is 0 Å². The van der Waals surface area contributed by atoms with Gasteiger partial charge in [0.25, 0.3) is 0 Å². The highest BCUT2D eigenvalue weighted by Crippen LogP contribution is 2.43. The second-order valence-electron chi connectivity index (χ2n) is 6.67. The summed E-state index contributed by atoms with van der Waals surface area (Å²) in [6.45, 7) is 1.79. The largest absolute Gasteiger partial charge is 0.504 e. The Bertz CT molecular complexity index is 812. The Balaban J connectivity index is 2.08. The number of carbonyl (C=O) groups excluding carboxylic acids is 3. The smallest absolute Gasteiger partial charge is 0.316 e. The summed E-state index contributed by atoms with van der Waals surface area (Å²) in [5.41, 5.74) is 1.68. The van der Waals surface area contributed by atoms with Gasteiger partial charge < -0.3 is 19.9 Å².